The number of rotatable bonds is 4. The third kappa shape index (κ3) is 4.42. The Bertz CT molecular complexity index is 855. The van der Waals surface area contributed by atoms with Crippen LogP contribution in [0.2, 0.25) is 0 Å². The molecule has 0 spiro atoms. The summed E-state index contributed by atoms with van der Waals surface area (Å²) in [5.74, 6) is -2.53. The first-order chi connectivity index (χ1) is 12.1. The van der Waals surface area contributed by atoms with Crippen molar-refractivity contribution in [1.82, 2.24) is 0 Å². The van der Waals surface area contributed by atoms with E-state index in [0.29, 0.717) is 0 Å². The summed E-state index contributed by atoms with van der Waals surface area (Å²) in [4.78, 5) is 36.0. The number of para-hydroxylation sites is 2. The lowest BCUT2D eigenvalue weighted by Crippen LogP contribution is -2.30. The highest BCUT2D eigenvalue weighted by atomic mass is 16.5. The van der Waals surface area contributed by atoms with Gasteiger partial charge >= 0.3 is 17.8 Å². The highest BCUT2D eigenvalue weighted by molar-refractivity contribution is 6.44. The third-order valence-corrected chi connectivity index (χ3v) is 3.17. The lowest BCUT2D eigenvalue weighted by Gasteiger charge is -2.10. The molecule has 0 radical (unpaired) electrons. The van der Waals surface area contributed by atoms with E-state index in [-0.39, 0.29) is 29.1 Å². The normalized spacial score (nSPS) is 9.60. The number of amides is 2. The molecule has 0 unspecified atom stereocenters. The second-order valence-corrected chi connectivity index (χ2v) is 4.83. The average Bonchev–Trinajstić information content (AvgIpc) is 2.62. The molecule has 126 valence electrons. The summed E-state index contributed by atoms with van der Waals surface area (Å²) < 4.78 is 4.91. The van der Waals surface area contributed by atoms with Crippen molar-refractivity contribution >= 4 is 29.2 Å². The Hall–Kier alpha value is -3.66. The molecule has 0 aliphatic heterocycles. The maximum absolute atomic E-state index is 12.1. The molecule has 2 aromatic carbocycles. The Kier molecular flexibility index (Phi) is 5.85. The molecule has 0 saturated carbocycles. The molecule has 2 N–H and O–H groups in total. The van der Waals surface area contributed by atoms with Crippen molar-refractivity contribution in [2.24, 2.45) is 0 Å². The second kappa shape index (κ2) is 8.26. The number of nitrogens with zero attached hydrogens (tertiary/aromatic N) is 1. The summed E-state index contributed by atoms with van der Waals surface area (Å²) in [6.07, 6.45) is 0. The van der Waals surface area contributed by atoms with Gasteiger partial charge in [0.05, 0.1) is 29.1 Å². The van der Waals surface area contributed by atoms with Crippen LogP contribution in [-0.2, 0) is 14.3 Å². The van der Waals surface area contributed by atoms with Crippen LogP contribution in [0.3, 0.4) is 0 Å². The summed E-state index contributed by atoms with van der Waals surface area (Å²) in [6, 6.07) is 14.4. The Labute approximate surface area is 144 Å². The fourth-order valence-electron chi connectivity index (χ4n) is 2.03. The predicted molar refractivity (Wildman–Crippen MR) is 90.8 cm³/mol. The van der Waals surface area contributed by atoms with Crippen molar-refractivity contribution in [3.8, 4) is 6.07 Å². The number of nitriles is 1. The Morgan fingerprint density at radius 3 is 2.16 bits per heavy atom. The molecular formula is C18H15N3O4. The van der Waals surface area contributed by atoms with Gasteiger partial charge in [0.2, 0.25) is 0 Å². The monoisotopic (exact) mass is 337 g/mol. The molecule has 0 heterocycles. The summed E-state index contributed by atoms with van der Waals surface area (Å²) in [6.45, 7) is 1.85. The zero-order chi connectivity index (χ0) is 18.2. The van der Waals surface area contributed by atoms with Gasteiger partial charge in [0.1, 0.15) is 6.07 Å². The standard InChI is InChI=1S/C18H15N3O4/c1-2-25-18(24)13-8-4-6-10-15(13)21-17(23)16(22)20-14-9-5-3-7-12(14)11-19/h3-10H,2H2,1H3,(H,20,22)(H,21,23). The Balaban J connectivity index is 2.13. The van der Waals surface area contributed by atoms with Crippen LogP contribution >= 0.6 is 0 Å². The summed E-state index contributed by atoms with van der Waals surface area (Å²) in [5, 5.41) is 13.7. The van der Waals surface area contributed by atoms with Crippen LogP contribution in [0.15, 0.2) is 48.5 Å². The predicted octanol–water partition coefficient (Wildman–Crippen LogP) is 2.31. The van der Waals surface area contributed by atoms with Gasteiger partial charge in [0.15, 0.2) is 0 Å². The van der Waals surface area contributed by atoms with E-state index >= 15 is 0 Å². The van der Waals surface area contributed by atoms with Gasteiger partial charge in [-0.15, -0.1) is 0 Å². The van der Waals surface area contributed by atoms with Gasteiger partial charge in [-0.1, -0.05) is 24.3 Å². The van der Waals surface area contributed by atoms with E-state index in [9.17, 15) is 14.4 Å². The second-order valence-electron chi connectivity index (χ2n) is 4.83. The third-order valence-electron chi connectivity index (χ3n) is 3.17. The number of hydrogen-bond acceptors (Lipinski definition) is 5. The van der Waals surface area contributed by atoms with Gasteiger partial charge in [-0.25, -0.2) is 4.79 Å². The van der Waals surface area contributed by atoms with Gasteiger partial charge in [0, 0.05) is 0 Å². The van der Waals surface area contributed by atoms with Crippen LogP contribution in [0, 0.1) is 11.3 Å². The number of ether oxygens (including phenoxy) is 1. The van der Waals surface area contributed by atoms with Crippen molar-refractivity contribution in [3.63, 3.8) is 0 Å². The van der Waals surface area contributed by atoms with E-state index in [1.165, 1.54) is 24.3 Å². The zero-order valence-electron chi connectivity index (χ0n) is 13.4. The van der Waals surface area contributed by atoms with Crippen LogP contribution in [0.1, 0.15) is 22.8 Å². The van der Waals surface area contributed by atoms with Crippen molar-refractivity contribution in [1.29, 1.82) is 5.26 Å². The molecule has 0 atom stereocenters. The number of nitrogens with one attached hydrogen (secondary N) is 2. The molecule has 0 aromatic heterocycles. The number of esters is 1. The molecule has 0 aliphatic carbocycles. The van der Waals surface area contributed by atoms with E-state index in [0.717, 1.165) is 0 Å². The lowest BCUT2D eigenvalue weighted by atomic mass is 10.1. The lowest BCUT2D eigenvalue weighted by molar-refractivity contribution is -0.133. The minimum Gasteiger partial charge on any atom is -0.462 e. The molecule has 25 heavy (non-hydrogen) atoms. The molecule has 7 heteroatoms. The van der Waals surface area contributed by atoms with Gasteiger partial charge in [0.25, 0.3) is 0 Å². The van der Waals surface area contributed by atoms with E-state index in [1.807, 2.05) is 6.07 Å². The number of anilines is 2. The number of benzene rings is 2. The summed E-state index contributed by atoms with van der Waals surface area (Å²) in [5.41, 5.74) is 0.761. The molecule has 0 bridgehead atoms. The molecule has 2 rings (SSSR count). The van der Waals surface area contributed by atoms with E-state index in [1.54, 1.807) is 31.2 Å². The molecular weight excluding hydrogens is 322 g/mol. The van der Waals surface area contributed by atoms with Crippen molar-refractivity contribution in [2.45, 2.75) is 6.92 Å². The van der Waals surface area contributed by atoms with E-state index in [2.05, 4.69) is 10.6 Å². The van der Waals surface area contributed by atoms with Crippen LogP contribution in [0.5, 0.6) is 0 Å². The Morgan fingerprint density at radius 1 is 0.960 bits per heavy atom. The summed E-state index contributed by atoms with van der Waals surface area (Å²) in [7, 11) is 0. The largest absolute Gasteiger partial charge is 0.462 e. The van der Waals surface area contributed by atoms with Crippen molar-refractivity contribution in [2.75, 3.05) is 17.2 Å². The van der Waals surface area contributed by atoms with Crippen LogP contribution in [0.25, 0.3) is 0 Å². The van der Waals surface area contributed by atoms with Gasteiger partial charge < -0.3 is 15.4 Å². The highest BCUT2D eigenvalue weighted by Gasteiger charge is 2.19. The number of carbonyl (C=O) groups excluding carboxylic acids is 3. The minimum absolute atomic E-state index is 0.142. The van der Waals surface area contributed by atoms with E-state index in [4.69, 9.17) is 10.00 Å². The number of hydrogen-bond donors (Lipinski definition) is 2. The fraction of sp³-hybridized carbons (Fsp3) is 0.111. The van der Waals surface area contributed by atoms with Crippen LogP contribution in [-0.4, -0.2) is 24.4 Å². The molecule has 0 saturated heterocycles. The van der Waals surface area contributed by atoms with Gasteiger partial charge in [-0.3, -0.25) is 9.59 Å². The zero-order valence-corrected chi connectivity index (χ0v) is 13.4. The SMILES string of the molecule is CCOC(=O)c1ccccc1NC(=O)C(=O)Nc1ccccc1C#N. The molecule has 0 aliphatic rings. The summed E-state index contributed by atoms with van der Waals surface area (Å²) >= 11 is 0. The first-order valence-corrected chi connectivity index (χ1v) is 7.44. The molecule has 0 fully saturated rings. The highest BCUT2D eigenvalue weighted by Crippen LogP contribution is 2.17. The minimum atomic E-state index is -0.968. The maximum Gasteiger partial charge on any atom is 0.340 e. The van der Waals surface area contributed by atoms with Crippen molar-refractivity contribution < 1.29 is 19.1 Å². The number of carbonyl (C=O) groups is 3. The maximum atomic E-state index is 12.1. The molecule has 2 amide bonds. The topological polar surface area (TPSA) is 108 Å². The quantitative estimate of drug-likeness (QED) is 0.657. The average molecular weight is 337 g/mol. The molecule has 2 aromatic rings. The first kappa shape index (κ1) is 17.7. The smallest absolute Gasteiger partial charge is 0.340 e. The van der Waals surface area contributed by atoms with E-state index < -0.39 is 17.8 Å². The van der Waals surface area contributed by atoms with Crippen molar-refractivity contribution in [3.05, 3.63) is 59.7 Å². The molecule has 7 nitrogen and oxygen atoms in total. The Morgan fingerprint density at radius 2 is 1.52 bits per heavy atom. The first-order valence-electron chi connectivity index (χ1n) is 7.44. The fourth-order valence-corrected chi connectivity index (χ4v) is 2.03. The van der Waals surface area contributed by atoms with Crippen LogP contribution in [0.4, 0.5) is 11.4 Å². The van der Waals surface area contributed by atoms with Gasteiger partial charge in [-0.05, 0) is 31.2 Å². The van der Waals surface area contributed by atoms with Gasteiger partial charge in [-0.2, -0.15) is 5.26 Å². The van der Waals surface area contributed by atoms with Crippen LogP contribution < -0.4 is 10.6 Å².